The van der Waals surface area contributed by atoms with Crippen molar-refractivity contribution in [3.63, 3.8) is 0 Å². The Labute approximate surface area is 120 Å². The zero-order valence-electron chi connectivity index (χ0n) is 12.0. The molecule has 2 heterocycles. The Morgan fingerprint density at radius 2 is 2.15 bits per heavy atom. The molecule has 0 saturated carbocycles. The monoisotopic (exact) mass is 270 g/mol. The third-order valence-electron chi connectivity index (χ3n) is 3.76. The predicted molar refractivity (Wildman–Crippen MR) is 82.1 cm³/mol. The molecule has 0 bridgehead atoms. The van der Waals surface area contributed by atoms with Crippen LogP contribution in [0.4, 0.5) is 5.69 Å². The van der Waals surface area contributed by atoms with Gasteiger partial charge in [-0.1, -0.05) is 30.3 Å². The van der Waals surface area contributed by atoms with Crippen molar-refractivity contribution < 1.29 is 0 Å². The summed E-state index contributed by atoms with van der Waals surface area (Å²) in [4.78, 5) is 2.43. The molecule has 0 aliphatic carbocycles. The van der Waals surface area contributed by atoms with Crippen LogP contribution in [0, 0.1) is 0 Å². The van der Waals surface area contributed by atoms with E-state index >= 15 is 0 Å². The molecule has 1 aromatic heterocycles. The van der Waals surface area contributed by atoms with Crippen molar-refractivity contribution in [2.45, 2.75) is 25.9 Å². The molecule has 0 amide bonds. The molecule has 0 spiro atoms. The number of anilines is 1. The van der Waals surface area contributed by atoms with E-state index in [4.69, 9.17) is 0 Å². The highest BCUT2D eigenvalue weighted by atomic mass is 15.3. The normalized spacial score (nSPS) is 19.9. The van der Waals surface area contributed by atoms with Crippen LogP contribution in [0.25, 0.3) is 0 Å². The van der Waals surface area contributed by atoms with Gasteiger partial charge in [-0.05, 0) is 25.5 Å². The summed E-state index contributed by atoms with van der Waals surface area (Å²) in [6.45, 7) is 6.34. The number of hydrogen-bond donors (Lipinski definition) is 1. The number of benzene rings is 1. The van der Waals surface area contributed by atoms with Crippen LogP contribution in [-0.4, -0.2) is 35.5 Å². The van der Waals surface area contributed by atoms with Crippen LogP contribution in [0.5, 0.6) is 0 Å². The maximum absolute atomic E-state index is 4.50. The maximum atomic E-state index is 4.50. The van der Waals surface area contributed by atoms with Crippen molar-refractivity contribution in [2.24, 2.45) is 0 Å². The first-order valence-corrected chi connectivity index (χ1v) is 7.36. The average Bonchev–Trinajstić information content (AvgIpc) is 2.81. The Bertz CT molecular complexity index is 534. The molecule has 4 nitrogen and oxygen atoms in total. The van der Waals surface area contributed by atoms with Gasteiger partial charge in [-0.3, -0.25) is 4.68 Å². The van der Waals surface area contributed by atoms with Crippen LogP contribution < -0.4 is 10.2 Å². The van der Waals surface area contributed by atoms with Crippen LogP contribution in [0.1, 0.15) is 18.9 Å². The third kappa shape index (κ3) is 3.20. The number of nitrogens with one attached hydrogen (secondary N) is 1. The standard InChI is InChI=1S/C16H22N4/c1-14-11-19(9-5-8-17-14)16-10-18-20(13-16)12-15-6-3-2-4-7-15/h2-4,6-7,10,13-14,17H,5,8-9,11-12H2,1H3. The summed E-state index contributed by atoms with van der Waals surface area (Å²) in [6, 6.07) is 11.0. The van der Waals surface area contributed by atoms with Gasteiger partial charge in [-0.2, -0.15) is 5.10 Å². The highest BCUT2D eigenvalue weighted by molar-refractivity contribution is 5.42. The molecule has 1 aromatic carbocycles. The molecule has 1 N–H and O–H groups in total. The molecule has 20 heavy (non-hydrogen) atoms. The Kier molecular flexibility index (Phi) is 4.02. The second-order valence-electron chi connectivity index (χ2n) is 5.54. The molecule has 1 saturated heterocycles. The molecule has 3 rings (SSSR count). The fourth-order valence-corrected chi connectivity index (χ4v) is 2.71. The van der Waals surface area contributed by atoms with Gasteiger partial charge in [0.15, 0.2) is 0 Å². The van der Waals surface area contributed by atoms with E-state index in [-0.39, 0.29) is 0 Å². The van der Waals surface area contributed by atoms with Gasteiger partial charge in [-0.15, -0.1) is 0 Å². The van der Waals surface area contributed by atoms with Crippen LogP contribution in [0.3, 0.4) is 0 Å². The summed E-state index contributed by atoms with van der Waals surface area (Å²) in [5, 5.41) is 8.02. The van der Waals surface area contributed by atoms with E-state index < -0.39 is 0 Å². The first-order chi connectivity index (χ1) is 9.81. The minimum absolute atomic E-state index is 0.537. The van der Waals surface area contributed by atoms with Gasteiger partial charge >= 0.3 is 0 Å². The number of rotatable bonds is 3. The number of aromatic nitrogens is 2. The van der Waals surface area contributed by atoms with E-state index in [1.807, 2.05) is 16.9 Å². The lowest BCUT2D eigenvalue weighted by atomic mass is 10.2. The fourth-order valence-electron chi connectivity index (χ4n) is 2.71. The Morgan fingerprint density at radius 3 is 3.00 bits per heavy atom. The molecule has 1 aliphatic heterocycles. The minimum atomic E-state index is 0.537. The summed E-state index contributed by atoms with van der Waals surface area (Å²) in [5.74, 6) is 0. The summed E-state index contributed by atoms with van der Waals surface area (Å²) in [5.41, 5.74) is 2.52. The van der Waals surface area contributed by atoms with Gasteiger partial charge in [0.05, 0.1) is 18.4 Å². The topological polar surface area (TPSA) is 33.1 Å². The van der Waals surface area contributed by atoms with Crippen molar-refractivity contribution >= 4 is 5.69 Å². The summed E-state index contributed by atoms with van der Waals surface area (Å²) < 4.78 is 2.02. The van der Waals surface area contributed by atoms with Crippen LogP contribution in [0.15, 0.2) is 42.7 Å². The van der Waals surface area contributed by atoms with E-state index in [1.165, 1.54) is 17.7 Å². The molecule has 1 fully saturated rings. The molecule has 1 aliphatic rings. The van der Waals surface area contributed by atoms with E-state index in [0.29, 0.717) is 6.04 Å². The van der Waals surface area contributed by atoms with Crippen molar-refractivity contribution in [3.05, 3.63) is 48.3 Å². The SMILES string of the molecule is CC1CN(c2cnn(Cc3ccccc3)c2)CCCN1. The van der Waals surface area contributed by atoms with Crippen molar-refractivity contribution in [3.8, 4) is 0 Å². The first-order valence-electron chi connectivity index (χ1n) is 7.36. The van der Waals surface area contributed by atoms with Gasteiger partial charge in [0.2, 0.25) is 0 Å². The highest BCUT2D eigenvalue weighted by Crippen LogP contribution is 2.16. The summed E-state index contributed by atoms with van der Waals surface area (Å²) in [6.07, 6.45) is 5.33. The zero-order chi connectivity index (χ0) is 13.8. The molecule has 1 atom stereocenters. The van der Waals surface area contributed by atoms with Crippen LogP contribution >= 0.6 is 0 Å². The molecular formula is C16H22N4. The van der Waals surface area contributed by atoms with Crippen molar-refractivity contribution in [1.82, 2.24) is 15.1 Å². The summed E-state index contributed by atoms with van der Waals surface area (Å²) in [7, 11) is 0. The molecule has 0 radical (unpaired) electrons. The lowest BCUT2D eigenvalue weighted by Gasteiger charge is -2.22. The Hall–Kier alpha value is -1.81. The minimum Gasteiger partial charge on any atom is -0.367 e. The van der Waals surface area contributed by atoms with Gasteiger partial charge < -0.3 is 10.2 Å². The lowest BCUT2D eigenvalue weighted by molar-refractivity contribution is 0.584. The second kappa shape index (κ2) is 6.09. The van der Waals surface area contributed by atoms with Gasteiger partial charge in [0.1, 0.15) is 0 Å². The van der Waals surface area contributed by atoms with Crippen LogP contribution in [-0.2, 0) is 6.54 Å². The Morgan fingerprint density at radius 1 is 1.30 bits per heavy atom. The Balaban J connectivity index is 1.69. The molecular weight excluding hydrogens is 248 g/mol. The van der Waals surface area contributed by atoms with E-state index in [9.17, 15) is 0 Å². The second-order valence-corrected chi connectivity index (χ2v) is 5.54. The molecule has 1 unspecified atom stereocenters. The maximum Gasteiger partial charge on any atom is 0.0753 e. The predicted octanol–water partition coefficient (Wildman–Crippen LogP) is 2.12. The number of nitrogens with zero attached hydrogens (tertiary/aromatic N) is 3. The van der Waals surface area contributed by atoms with Gasteiger partial charge in [0, 0.05) is 25.3 Å². The van der Waals surface area contributed by atoms with Crippen LogP contribution in [0.2, 0.25) is 0 Å². The fraction of sp³-hybridized carbons (Fsp3) is 0.438. The highest BCUT2D eigenvalue weighted by Gasteiger charge is 2.15. The third-order valence-corrected chi connectivity index (χ3v) is 3.76. The quantitative estimate of drug-likeness (QED) is 0.927. The van der Waals surface area contributed by atoms with Crippen molar-refractivity contribution in [1.29, 1.82) is 0 Å². The largest absolute Gasteiger partial charge is 0.367 e. The molecule has 106 valence electrons. The smallest absolute Gasteiger partial charge is 0.0753 e. The number of hydrogen-bond acceptors (Lipinski definition) is 3. The van der Waals surface area contributed by atoms with Gasteiger partial charge in [-0.25, -0.2) is 0 Å². The van der Waals surface area contributed by atoms with E-state index in [2.05, 4.69) is 52.7 Å². The molecule has 2 aromatic rings. The average molecular weight is 270 g/mol. The summed E-state index contributed by atoms with van der Waals surface area (Å²) >= 11 is 0. The van der Waals surface area contributed by atoms with Crippen molar-refractivity contribution in [2.75, 3.05) is 24.5 Å². The van der Waals surface area contributed by atoms with E-state index in [0.717, 1.165) is 26.2 Å². The van der Waals surface area contributed by atoms with Gasteiger partial charge in [0.25, 0.3) is 0 Å². The first kappa shape index (κ1) is 13.2. The molecule has 4 heteroatoms. The lowest BCUT2D eigenvalue weighted by Crippen LogP contribution is -2.35. The van der Waals surface area contributed by atoms with E-state index in [1.54, 1.807) is 0 Å². The zero-order valence-corrected chi connectivity index (χ0v) is 12.0.